The van der Waals surface area contributed by atoms with Crippen LogP contribution >= 0.6 is 0 Å². The summed E-state index contributed by atoms with van der Waals surface area (Å²) in [7, 11) is 0. The molecule has 84 valence electrons. The predicted octanol–water partition coefficient (Wildman–Crippen LogP) is 2.11. The zero-order chi connectivity index (χ0) is 11.0. The van der Waals surface area contributed by atoms with E-state index >= 15 is 0 Å². The van der Waals surface area contributed by atoms with Crippen LogP contribution in [-0.4, -0.2) is 24.7 Å². The topological polar surface area (TPSA) is 38.3 Å². The highest BCUT2D eigenvalue weighted by Crippen LogP contribution is 1.98. The second-order valence-corrected chi connectivity index (χ2v) is 4.53. The van der Waals surface area contributed by atoms with Gasteiger partial charge in [0.05, 0.1) is 13.2 Å². The van der Waals surface area contributed by atoms with Gasteiger partial charge >= 0.3 is 5.97 Å². The number of hydrogen-bond donors (Lipinski definition) is 1. The van der Waals surface area contributed by atoms with E-state index in [0.717, 1.165) is 19.3 Å². The summed E-state index contributed by atoms with van der Waals surface area (Å²) in [5, 5.41) is 3.09. The van der Waals surface area contributed by atoms with Gasteiger partial charge in [-0.3, -0.25) is 4.79 Å². The molecule has 0 unspecified atom stereocenters. The van der Waals surface area contributed by atoms with Gasteiger partial charge < -0.3 is 10.1 Å². The fraction of sp³-hybridized carbons (Fsp3) is 0.909. The maximum Gasteiger partial charge on any atom is 0.319 e. The summed E-state index contributed by atoms with van der Waals surface area (Å²) in [6.45, 7) is 9.06. The van der Waals surface area contributed by atoms with Crippen molar-refractivity contribution in [2.45, 2.75) is 52.5 Å². The summed E-state index contributed by atoms with van der Waals surface area (Å²) in [6, 6.07) is 0. The van der Waals surface area contributed by atoms with Crippen LogP contribution in [0.5, 0.6) is 0 Å². The van der Waals surface area contributed by atoms with Crippen molar-refractivity contribution in [3.05, 3.63) is 0 Å². The zero-order valence-electron chi connectivity index (χ0n) is 9.85. The average Bonchev–Trinajstić information content (AvgIpc) is 2.08. The Labute approximate surface area is 87.2 Å². The molecular weight excluding hydrogens is 178 g/mol. The Bertz CT molecular complexity index is 161. The van der Waals surface area contributed by atoms with Crippen LogP contribution in [0.2, 0.25) is 0 Å². The van der Waals surface area contributed by atoms with Gasteiger partial charge in [0.1, 0.15) is 0 Å². The molecule has 0 heterocycles. The quantitative estimate of drug-likeness (QED) is 0.528. The van der Waals surface area contributed by atoms with Crippen molar-refractivity contribution < 1.29 is 9.53 Å². The lowest BCUT2D eigenvalue weighted by molar-refractivity contribution is -0.143. The molecule has 0 rings (SSSR count). The lowest BCUT2D eigenvalue weighted by atomic mass is 10.1. The summed E-state index contributed by atoms with van der Waals surface area (Å²) < 4.78 is 5.04. The average molecular weight is 201 g/mol. The van der Waals surface area contributed by atoms with Crippen LogP contribution in [0.4, 0.5) is 0 Å². The molecule has 0 aromatic carbocycles. The predicted molar refractivity (Wildman–Crippen MR) is 58.2 cm³/mol. The van der Waals surface area contributed by atoms with Gasteiger partial charge in [-0.05, 0) is 27.2 Å². The Morgan fingerprint density at radius 3 is 2.43 bits per heavy atom. The Hall–Kier alpha value is -0.570. The van der Waals surface area contributed by atoms with Crippen molar-refractivity contribution in [2.75, 3.05) is 13.2 Å². The fourth-order valence-corrected chi connectivity index (χ4v) is 0.926. The summed E-state index contributed by atoms with van der Waals surface area (Å²) in [6.07, 6.45) is 3.25. The molecular formula is C11H23NO2. The van der Waals surface area contributed by atoms with Crippen molar-refractivity contribution in [3.63, 3.8) is 0 Å². The molecule has 0 radical (unpaired) electrons. The summed E-state index contributed by atoms with van der Waals surface area (Å²) in [5.74, 6) is -0.156. The second kappa shape index (κ2) is 6.82. The van der Waals surface area contributed by atoms with E-state index < -0.39 is 0 Å². The van der Waals surface area contributed by atoms with Crippen LogP contribution in [0.3, 0.4) is 0 Å². The largest absolute Gasteiger partial charge is 0.465 e. The van der Waals surface area contributed by atoms with Gasteiger partial charge in [-0.1, -0.05) is 19.8 Å². The highest BCUT2D eigenvalue weighted by atomic mass is 16.5. The third-order valence-electron chi connectivity index (χ3n) is 1.77. The first kappa shape index (κ1) is 13.4. The lowest BCUT2D eigenvalue weighted by Gasteiger charge is -2.19. The van der Waals surface area contributed by atoms with Gasteiger partial charge in [-0.25, -0.2) is 0 Å². The van der Waals surface area contributed by atoms with E-state index in [4.69, 9.17) is 4.74 Å². The number of carbonyl (C=O) groups excluding carboxylic acids is 1. The van der Waals surface area contributed by atoms with E-state index in [1.165, 1.54) is 0 Å². The van der Waals surface area contributed by atoms with Gasteiger partial charge in [-0.15, -0.1) is 0 Å². The molecule has 14 heavy (non-hydrogen) atoms. The number of hydrogen-bond acceptors (Lipinski definition) is 3. The molecule has 0 fully saturated rings. The van der Waals surface area contributed by atoms with Crippen molar-refractivity contribution in [1.29, 1.82) is 0 Å². The summed E-state index contributed by atoms with van der Waals surface area (Å²) in [5.41, 5.74) is -0.0254. The molecule has 3 nitrogen and oxygen atoms in total. The Morgan fingerprint density at radius 1 is 1.29 bits per heavy atom. The molecule has 0 atom stereocenters. The molecule has 0 aliphatic rings. The third kappa shape index (κ3) is 9.52. The minimum Gasteiger partial charge on any atom is -0.465 e. The minimum absolute atomic E-state index is 0.0254. The highest BCUT2D eigenvalue weighted by Gasteiger charge is 2.11. The minimum atomic E-state index is -0.156. The molecule has 1 N–H and O–H groups in total. The van der Waals surface area contributed by atoms with E-state index in [9.17, 15) is 4.79 Å². The Morgan fingerprint density at radius 2 is 1.93 bits per heavy atom. The van der Waals surface area contributed by atoms with Gasteiger partial charge in [0.15, 0.2) is 0 Å². The first-order valence-electron chi connectivity index (χ1n) is 5.36. The number of carbonyl (C=O) groups is 1. The van der Waals surface area contributed by atoms with Crippen LogP contribution < -0.4 is 5.32 Å². The number of unbranched alkanes of at least 4 members (excludes halogenated alkanes) is 2. The van der Waals surface area contributed by atoms with E-state index in [1.54, 1.807) is 0 Å². The van der Waals surface area contributed by atoms with E-state index in [2.05, 4.69) is 12.2 Å². The van der Waals surface area contributed by atoms with Crippen LogP contribution in [0.1, 0.15) is 47.0 Å². The first-order chi connectivity index (χ1) is 6.45. The molecule has 0 spiro atoms. The number of esters is 1. The Kier molecular flexibility index (Phi) is 6.54. The lowest BCUT2D eigenvalue weighted by Crippen LogP contribution is -2.39. The maximum absolute atomic E-state index is 11.2. The SMILES string of the molecule is CCCCCOC(=O)CNC(C)(C)C. The fourth-order valence-electron chi connectivity index (χ4n) is 0.926. The van der Waals surface area contributed by atoms with E-state index in [0.29, 0.717) is 13.2 Å². The van der Waals surface area contributed by atoms with E-state index in [-0.39, 0.29) is 11.5 Å². The summed E-state index contributed by atoms with van der Waals surface area (Å²) >= 11 is 0. The van der Waals surface area contributed by atoms with Crippen LogP contribution in [0, 0.1) is 0 Å². The molecule has 0 saturated carbocycles. The normalized spacial score (nSPS) is 11.4. The van der Waals surface area contributed by atoms with E-state index in [1.807, 2.05) is 20.8 Å². The van der Waals surface area contributed by atoms with Crippen LogP contribution in [-0.2, 0) is 9.53 Å². The van der Waals surface area contributed by atoms with Crippen molar-refractivity contribution in [2.24, 2.45) is 0 Å². The van der Waals surface area contributed by atoms with Crippen LogP contribution in [0.25, 0.3) is 0 Å². The molecule has 0 aromatic heterocycles. The smallest absolute Gasteiger partial charge is 0.319 e. The van der Waals surface area contributed by atoms with Gasteiger partial charge in [-0.2, -0.15) is 0 Å². The van der Waals surface area contributed by atoms with Crippen molar-refractivity contribution in [3.8, 4) is 0 Å². The monoisotopic (exact) mass is 201 g/mol. The summed E-state index contributed by atoms with van der Waals surface area (Å²) in [4.78, 5) is 11.2. The molecule has 3 heteroatoms. The first-order valence-corrected chi connectivity index (χ1v) is 5.36. The number of ether oxygens (including phenoxy) is 1. The van der Waals surface area contributed by atoms with Gasteiger partial charge in [0.25, 0.3) is 0 Å². The number of rotatable bonds is 6. The van der Waals surface area contributed by atoms with Gasteiger partial charge in [0.2, 0.25) is 0 Å². The molecule has 0 aliphatic heterocycles. The van der Waals surface area contributed by atoms with Crippen molar-refractivity contribution >= 4 is 5.97 Å². The molecule has 0 aliphatic carbocycles. The number of nitrogens with one attached hydrogen (secondary N) is 1. The van der Waals surface area contributed by atoms with Gasteiger partial charge in [0, 0.05) is 5.54 Å². The molecule has 0 bridgehead atoms. The molecule has 0 saturated heterocycles. The van der Waals surface area contributed by atoms with Crippen LogP contribution in [0.15, 0.2) is 0 Å². The standard InChI is InChI=1S/C11H23NO2/c1-5-6-7-8-14-10(13)9-12-11(2,3)4/h12H,5-9H2,1-4H3. The third-order valence-corrected chi connectivity index (χ3v) is 1.77. The van der Waals surface area contributed by atoms with Crippen molar-refractivity contribution in [1.82, 2.24) is 5.32 Å². The zero-order valence-corrected chi connectivity index (χ0v) is 9.85. The highest BCUT2D eigenvalue weighted by molar-refractivity contribution is 5.71. The molecule has 0 amide bonds. The maximum atomic E-state index is 11.2. The Balaban J connectivity index is 3.38. The second-order valence-electron chi connectivity index (χ2n) is 4.53. The molecule has 0 aromatic rings.